The average Bonchev–Trinajstić information content (AvgIpc) is 3.04. The van der Waals surface area contributed by atoms with Crippen LogP contribution < -0.4 is 20.4 Å². The van der Waals surface area contributed by atoms with E-state index in [0.717, 1.165) is 0 Å². The van der Waals surface area contributed by atoms with Gasteiger partial charge in [-0.3, -0.25) is 14.4 Å². The Morgan fingerprint density at radius 1 is 1.22 bits per heavy atom. The predicted molar refractivity (Wildman–Crippen MR) is 177 cm³/mol. The number of carbonyl (C=O) groups is 3. The minimum atomic E-state index is -1.37. The number of rotatable bonds is 14. The van der Waals surface area contributed by atoms with Gasteiger partial charge in [-0.05, 0) is 73.2 Å². The molecule has 0 aliphatic heterocycles. The van der Waals surface area contributed by atoms with Crippen molar-refractivity contribution in [2.24, 2.45) is 0 Å². The second-order valence-electron chi connectivity index (χ2n) is 10.9. The van der Waals surface area contributed by atoms with Crippen molar-refractivity contribution in [1.82, 2.24) is 10.2 Å². The number of aldehydes is 1. The Balaban J connectivity index is 1.77. The monoisotopic (exact) mass is 748 g/mol. The number of nitrogens with one attached hydrogen (secondary N) is 1. The SMILES string of the molecule is COc1cc(C=O)cc(I)c1O[C@H]1C=C(C(=O)NCCO)C[C@@H](N(CCCOC(C)C)C(=O)c2cc3ccccc3oc2=O)[C@@H]1O. The first kappa shape index (κ1) is 35.1. The van der Waals surface area contributed by atoms with Crippen LogP contribution in [0.3, 0.4) is 0 Å². The van der Waals surface area contributed by atoms with E-state index in [1.165, 1.54) is 30.2 Å². The van der Waals surface area contributed by atoms with Crippen LogP contribution in [0.15, 0.2) is 63.3 Å². The molecule has 0 fully saturated rings. The molecule has 13 heteroatoms. The standard InChI is InChI=1S/C33H37IN2O10/c1-19(2)44-12-6-10-36(32(41)23-15-21-7-4-5-8-26(21)46-33(23)42)25-16-22(31(40)35-9-11-37)17-27(29(25)39)45-30-24(34)13-20(18-38)14-28(30)43-3/h4-5,7-8,13-15,17-19,25,27,29,37,39H,6,9-12,16H2,1-3H3,(H,35,40)/t25-,27+,29+/m1/s1. The van der Waals surface area contributed by atoms with Crippen molar-refractivity contribution in [2.45, 2.75) is 51.0 Å². The summed E-state index contributed by atoms with van der Waals surface area (Å²) in [5.41, 5.74) is -0.188. The lowest BCUT2D eigenvalue weighted by molar-refractivity contribution is -0.118. The van der Waals surface area contributed by atoms with Crippen molar-refractivity contribution in [2.75, 3.05) is 33.4 Å². The van der Waals surface area contributed by atoms with Crippen molar-refractivity contribution in [3.05, 3.63) is 79.2 Å². The third-order valence-corrected chi connectivity index (χ3v) is 8.18. The molecule has 1 aliphatic rings. The number of carbonyl (C=O) groups excluding carboxylic acids is 3. The van der Waals surface area contributed by atoms with Gasteiger partial charge < -0.3 is 39.1 Å². The van der Waals surface area contributed by atoms with Crippen LogP contribution in [-0.2, 0) is 9.53 Å². The van der Waals surface area contributed by atoms with E-state index < -0.39 is 35.7 Å². The maximum Gasteiger partial charge on any atom is 0.349 e. The molecular weight excluding hydrogens is 711 g/mol. The van der Waals surface area contributed by atoms with Gasteiger partial charge in [-0.2, -0.15) is 0 Å². The number of hydrogen-bond acceptors (Lipinski definition) is 10. The smallest absolute Gasteiger partial charge is 0.349 e. The van der Waals surface area contributed by atoms with Gasteiger partial charge in [0.25, 0.3) is 5.91 Å². The lowest BCUT2D eigenvalue weighted by atomic mass is 9.87. The van der Waals surface area contributed by atoms with E-state index in [1.54, 1.807) is 30.3 Å². The Labute approximate surface area is 279 Å². The van der Waals surface area contributed by atoms with Gasteiger partial charge in [0, 0.05) is 42.6 Å². The van der Waals surface area contributed by atoms with Crippen LogP contribution >= 0.6 is 22.6 Å². The van der Waals surface area contributed by atoms with Crippen molar-refractivity contribution in [1.29, 1.82) is 0 Å². The number of methoxy groups -OCH3 is 1. The maximum absolute atomic E-state index is 14.2. The van der Waals surface area contributed by atoms with Crippen LogP contribution in [0, 0.1) is 3.57 Å². The number of aliphatic hydroxyl groups is 2. The third kappa shape index (κ3) is 8.32. The van der Waals surface area contributed by atoms with E-state index in [2.05, 4.69) is 5.32 Å². The second kappa shape index (κ2) is 16.2. The van der Waals surface area contributed by atoms with Crippen molar-refractivity contribution >= 4 is 51.7 Å². The van der Waals surface area contributed by atoms with Gasteiger partial charge in [0.1, 0.15) is 29.6 Å². The summed E-state index contributed by atoms with van der Waals surface area (Å²) in [6.45, 7) is 3.84. The van der Waals surface area contributed by atoms with Crippen LogP contribution in [-0.4, -0.2) is 91.0 Å². The molecule has 246 valence electrons. The summed E-state index contributed by atoms with van der Waals surface area (Å²) < 4.78 is 23.4. The average molecular weight is 749 g/mol. The second-order valence-corrected chi connectivity index (χ2v) is 12.1. The van der Waals surface area contributed by atoms with Crippen molar-refractivity contribution in [3.63, 3.8) is 0 Å². The van der Waals surface area contributed by atoms with E-state index in [1.807, 2.05) is 36.4 Å². The van der Waals surface area contributed by atoms with E-state index in [4.69, 9.17) is 18.6 Å². The highest BCUT2D eigenvalue weighted by atomic mass is 127. The number of benzene rings is 2. The van der Waals surface area contributed by atoms with E-state index in [-0.39, 0.29) is 54.9 Å². The van der Waals surface area contributed by atoms with Crippen LogP contribution in [0.1, 0.15) is 47.4 Å². The highest BCUT2D eigenvalue weighted by Crippen LogP contribution is 2.37. The van der Waals surface area contributed by atoms with E-state index >= 15 is 0 Å². The number of halogens is 1. The molecule has 0 spiro atoms. The largest absolute Gasteiger partial charge is 0.493 e. The molecule has 46 heavy (non-hydrogen) atoms. The number of ether oxygens (including phenoxy) is 3. The first-order valence-corrected chi connectivity index (χ1v) is 15.9. The number of aliphatic hydroxyl groups excluding tert-OH is 2. The van der Waals surface area contributed by atoms with Crippen LogP contribution in [0.2, 0.25) is 0 Å². The fraction of sp³-hybridized carbons (Fsp3) is 0.394. The molecule has 0 unspecified atom stereocenters. The predicted octanol–water partition coefficient (Wildman–Crippen LogP) is 3.09. The topological polar surface area (TPSA) is 165 Å². The summed E-state index contributed by atoms with van der Waals surface area (Å²) in [7, 11) is 1.41. The molecule has 2 aromatic carbocycles. The van der Waals surface area contributed by atoms with E-state index in [0.29, 0.717) is 39.4 Å². The lowest BCUT2D eigenvalue weighted by Crippen LogP contribution is -2.56. The first-order valence-electron chi connectivity index (χ1n) is 14.8. The Hall–Kier alpha value is -3.79. The molecule has 0 saturated heterocycles. The fourth-order valence-electron chi connectivity index (χ4n) is 5.18. The van der Waals surface area contributed by atoms with Crippen LogP contribution in [0.25, 0.3) is 11.0 Å². The molecule has 4 rings (SSSR count). The summed E-state index contributed by atoms with van der Waals surface area (Å²) in [6.07, 6.45) is -0.164. The molecule has 0 bridgehead atoms. The molecule has 0 radical (unpaired) electrons. The molecular formula is C33H37IN2O10. The van der Waals surface area contributed by atoms with Crippen LogP contribution in [0.5, 0.6) is 11.5 Å². The number of nitrogens with zero attached hydrogens (tertiary/aromatic N) is 1. The molecule has 1 aliphatic carbocycles. The Kier molecular flexibility index (Phi) is 12.3. The lowest BCUT2D eigenvalue weighted by Gasteiger charge is -2.40. The number of hydrogen-bond donors (Lipinski definition) is 3. The molecule has 12 nitrogen and oxygen atoms in total. The highest BCUT2D eigenvalue weighted by molar-refractivity contribution is 14.1. The summed E-state index contributed by atoms with van der Waals surface area (Å²) in [5.74, 6) is -0.747. The van der Waals surface area contributed by atoms with E-state index in [9.17, 15) is 29.4 Å². The number of amides is 2. The highest BCUT2D eigenvalue weighted by Gasteiger charge is 2.41. The molecule has 1 heterocycles. The first-order chi connectivity index (χ1) is 22.1. The zero-order valence-corrected chi connectivity index (χ0v) is 27.9. The zero-order valence-electron chi connectivity index (χ0n) is 25.7. The molecule has 0 saturated carbocycles. The Morgan fingerprint density at radius 2 is 1.98 bits per heavy atom. The van der Waals surface area contributed by atoms with Crippen molar-refractivity contribution < 1.29 is 43.2 Å². The summed E-state index contributed by atoms with van der Waals surface area (Å²) in [5, 5.41) is 24.3. The summed E-state index contributed by atoms with van der Waals surface area (Å²) >= 11 is 1.98. The Morgan fingerprint density at radius 3 is 2.67 bits per heavy atom. The normalized spacial score (nSPS) is 17.8. The summed E-state index contributed by atoms with van der Waals surface area (Å²) in [6, 6.07) is 10.3. The van der Waals surface area contributed by atoms with Gasteiger partial charge in [0.2, 0.25) is 5.91 Å². The number of para-hydroxylation sites is 1. The van der Waals surface area contributed by atoms with Crippen molar-refractivity contribution in [3.8, 4) is 11.5 Å². The fourth-order valence-corrected chi connectivity index (χ4v) is 5.93. The minimum absolute atomic E-state index is 0.0128. The van der Waals surface area contributed by atoms with Gasteiger partial charge >= 0.3 is 5.63 Å². The number of fused-ring (bicyclic) bond motifs is 1. The molecule has 3 atom stereocenters. The zero-order chi connectivity index (χ0) is 33.4. The minimum Gasteiger partial charge on any atom is -0.493 e. The van der Waals surface area contributed by atoms with Gasteiger partial charge in [-0.1, -0.05) is 18.2 Å². The van der Waals surface area contributed by atoms with Gasteiger partial charge in [0.05, 0.1) is 29.4 Å². The molecule has 1 aromatic heterocycles. The van der Waals surface area contributed by atoms with Crippen LogP contribution in [0.4, 0.5) is 0 Å². The maximum atomic E-state index is 14.2. The van der Waals surface area contributed by atoms with Gasteiger partial charge in [-0.15, -0.1) is 0 Å². The molecule has 3 aromatic rings. The molecule has 3 N–H and O–H groups in total. The quantitative estimate of drug-likeness (QED) is 0.0967. The molecule has 2 amide bonds. The Bertz CT molecular complexity index is 1650. The third-order valence-electron chi connectivity index (χ3n) is 7.38. The summed E-state index contributed by atoms with van der Waals surface area (Å²) in [4.78, 5) is 53.2. The van der Waals surface area contributed by atoms with Gasteiger partial charge in [0.15, 0.2) is 11.5 Å². The van der Waals surface area contributed by atoms with Gasteiger partial charge in [-0.25, -0.2) is 4.79 Å².